The normalized spacial score (nSPS) is 31.9. The maximum atomic E-state index is 6.14. The molecule has 0 unspecified atom stereocenters. The summed E-state index contributed by atoms with van der Waals surface area (Å²) in [5, 5.41) is 2.39. The van der Waals surface area contributed by atoms with Crippen LogP contribution in [0.4, 0.5) is 0 Å². The summed E-state index contributed by atoms with van der Waals surface area (Å²) in [6.07, 6.45) is 0.138. The highest BCUT2D eigenvalue weighted by Gasteiger charge is 2.56. The smallest absolute Gasteiger partial charge is 0.190 e. The van der Waals surface area contributed by atoms with E-state index < -0.39 is 12.1 Å². The van der Waals surface area contributed by atoms with Gasteiger partial charge >= 0.3 is 0 Å². The number of aliphatic imine (C=N–C) groups is 1. The average molecular weight is 347 g/mol. The number of ether oxygens (including phenoxy) is 4. The highest BCUT2D eigenvalue weighted by atomic mass is 32.1. The van der Waals surface area contributed by atoms with Gasteiger partial charge in [0.05, 0.1) is 11.8 Å². The third-order valence-electron chi connectivity index (χ3n) is 4.09. The molecular formula is C18H21NO4S. The fourth-order valence-electron chi connectivity index (χ4n) is 3.06. The fraction of sp³-hybridized carbons (Fsp3) is 0.500. The molecule has 0 aliphatic carbocycles. The lowest BCUT2D eigenvalue weighted by atomic mass is 10.0. The molecule has 1 aromatic carbocycles. The van der Waals surface area contributed by atoms with Crippen LogP contribution in [0.5, 0.6) is 0 Å². The van der Waals surface area contributed by atoms with Crippen molar-refractivity contribution in [2.45, 2.75) is 56.9 Å². The molecule has 2 heterocycles. The number of rotatable bonds is 6. The average Bonchev–Trinajstić information content (AvgIpc) is 3.03. The lowest BCUT2D eigenvalue weighted by Gasteiger charge is -2.27. The second-order valence-corrected chi connectivity index (χ2v) is 6.46. The van der Waals surface area contributed by atoms with Gasteiger partial charge in [0.25, 0.3) is 0 Å². The quantitative estimate of drug-likeness (QED) is 0.450. The van der Waals surface area contributed by atoms with Gasteiger partial charge in [0, 0.05) is 0 Å². The predicted molar refractivity (Wildman–Crippen MR) is 92.7 cm³/mol. The lowest BCUT2D eigenvalue weighted by molar-refractivity contribution is -0.219. The Morgan fingerprint density at radius 3 is 2.79 bits per heavy atom. The first-order valence-corrected chi connectivity index (χ1v) is 8.31. The largest absolute Gasteiger partial charge is 0.368 e. The zero-order chi connectivity index (χ0) is 17.2. The van der Waals surface area contributed by atoms with Gasteiger partial charge in [-0.2, -0.15) is 0 Å². The molecule has 0 aromatic heterocycles. The van der Waals surface area contributed by atoms with Gasteiger partial charge in [-0.05, 0) is 31.6 Å². The van der Waals surface area contributed by atoms with E-state index in [4.69, 9.17) is 31.2 Å². The first kappa shape index (κ1) is 17.4. The molecule has 2 fully saturated rings. The molecule has 0 amide bonds. The number of thiocarbonyl (C=S) groups is 1. The Morgan fingerprint density at radius 1 is 1.38 bits per heavy atom. The van der Waals surface area contributed by atoms with Crippen molar-refractivity contribution in [3.8, 4) is 0 Å². The SMILES string of the molecule is C=C[C@@H](N=C=S)[C@H]1O[C@@H]2OC(C)(C)O[C@@H]2[C@H]1OCc1ccccc1. The molecule has 0 N–H and O–H groups in total. The Balaban J connectivity index is 1.78. The van der Waals surface area contributed by atoms with E-state index in [0.717, 1.165) is 5.56 Å². The minimum atomic E-state index is -0.703. The number of fused-ring (bicyclic) bond motifs is 1. The number of benzene rings is 1. The third-order valence-corrected chi connectivity index (χ3v) is 4.20. The van der Waals surface area contributed by atoms with E-state index in [2.05, 4.69) is 16.7 Å². The van der Waals surface area contributed by atoms with Crippen molar-refractivity contribution in [1.29, 1.82) is 0 Å². The van der Waals surface area contributed by atoms with E-state index in [-0.39, 0.29) is 24.4 Å². The first-order chi connectivity index (χ1) is 11.5. The van der Waals surface area contributed by atoms with Crippen LogP contribution in [0.1, 0.15) is 19.4 Å². The summed E-state index contributed by atoms with van der Waals surface area (Å²) in [6, 6.07) is 9.59. The molecule has 128 valence electrons. The van der Waals surface area contributed by atoms with Crippen molar-refractivity contribution in [1.82, 2.24) is 0 Å². The van der Waals surface area contributed by atoms with Crippen molar-refractivity contribution < 1.29 is 18.9 Å². The molecule has 2 aliphatic rings. The van der Waals surface area contributed by atoms with Crippen molar-refractivity contribution >= 4 is 17.4 Å². The molecule has 5 atom stereocenters. The van der Waals surface area contributed by atoms with Crippen LogP contribution >= 0.6 is 12.2 Å². The molecule has 0 radical (unpaired) electrons. The Morgan fingerprint density at radius 2 is 2.12 bits per heavy atom. The lowest BCUT2D eigenvalue weighted by Crippen LogP contribution is -2.41. The van der Waals surface area contributed by atoms with Crippen LogP contribution in [-0.2, 0) is 25.6 Å². The molecule has 5 nitrogen and oxygen atoms in total. The van der Waals surface area contributed by atoms with Crippen LogP contribution in [0.25, 0.3) is 0 Å². The minimum absolute atomic E-state index is 0.323. The maximum Gasteiger partial charge on any atom is 0.190 e. The minimum Gasteiger partial charge on any atom is -0.368 e. The molecule has 2 saturated heterocycles. The van der Waals surface area contributed by atoms with Gasteiger partial charge < -0.3 is 18.9 Å². The van der Waals surface area contributed by atoms with Crippen LogP contribution < -0.4 is 0 Å². The monoisotopic (exact) mass is 347 g/mol. The summed E-state index contributed by atoms with van der Waals surface area (Å²) in [6.45, 7) is 7.97. The Kier molecular flexibility index (Phi) is 5.25. The predicted octanol–water partition coefficient (Wildman–Crippen LogP) is 3.11. The maximum absolute atomic E-state index is 6.14. The fourth-order valence-corrected chi connectivity index (χ4v) is 3.18. The molecule has 0 saturated carbocycles. The molecule has 0 bridgehead atoms. The van der Waals surface area contributed by atoms with Gasteiger partial charge in [-0.3, -0.25) is 0 Å². The summed E-state index contributed by atoms with van der Waals surface area (Å²) in [5.74, 6) is -0.703. The van der Waals surface area contributed by atoms with Gasteiger partial charge in [0.2, 0.25) is 0 Å². The van der Waals surface area contributed by atoms with Gasteiger partial charge in [-0.15, -0.1) is 6.58 Å². The first-order valence-electron chi connectivity index (χ1n) is 7.90. The van der Waals surface area contributed by atoms with E-state index in [9.17, 15) is 0 Å². The standard InChI is InChI=1S/C18H21NO4S/c1-4-13(19-11-24)14-15(20-10-12-8-6-5-7-9-12)16-17(21-14)23-18(2,3)22-16/h4-9,13-17H,1,10H2,2-3H3/t13-,14-,15+,16-,17-/m1/s1. The molecule has 1 aromatic rings. The highest BCUT2D eigenvalue weighted by Crippen LogP contribution is 2.40. The van der Waals surface area contributed by atoms with Gasteiger partial charge in [0.1, 0.15) is 24.4 Å². The van der Waals surface area contributed by atoms with Gasteiger partial charge in [0.15, 0.2) is 12.1 Å². The van der Waals surface area contributed by atoms with Crippen LogP contribution in [-0.4, -0.2) is 41.6 Å². The molecular weight excluding hydrogens is 326 g/mol. The van der Waals surface area contributed by atoms with Crippen LogP contribution in [0.15, 0.2) is 48.0 Å². The van der Waals surface area contributed by atoms with Crippen molar-refractivity contribution in [2.24, 2.45) is 4.99 Å². The van der Waals surface area contributed by atoms with E-state index >= 15 is 0 Å². The van der Waals surface area contributed by atoms with Gasteiger partial charge in [-0.1, -0.05) is 36.4 Å². The summed E-state index contributed by atoms with van der Waals surface area (Å²) < 4.78 is 23.9. The van der Waals surface area contributed by atoms with Crippen LogP contribution in [0.2, 0.25) is 0 Å². The van der Waals surface area contributed by atoms with Crippen molar-refractivity contribution in [3.05, 3.63) is 48.6 Å². The molecule has 0 spiro atoms. The molecule has 24 heavy (non-hydrogen) atoms. The number of nitrogens with zero attached hydrogens (tertiary/aromatic N) is 1. The number of isothiocyanates is 1. The topological polar surface area (TPSA) is 49.3 Å². The van der Waals surface area contributed by atoms with E-state index in [1.165, 1.54) is 0 Å². The molecule has 2 aliphatic heterocycles. The molecule has 6 heteroatoms. The van der Waals surface area contributed by atoms with E-state index in [1.54, 1.807) is 6.08 Å². The Hall–Kier alpha value is -1.40. The molecule has 3 rings (SSSR count). The summed E-state index contributed by atoms with van der Waals surface area (Å²) >= 11 is 4.72. The zero-order valence-corrected chi connectivity index (χ0v) is 14.6. The zero-order valence-electron chi connectivity index (χ0n) is 13.8. The summed E-state index contributed by atoms with van der Waals surface area (Å²) in [7, 11) is 0. The van der Waals surface area contributed by atoms with Gasteiger partial charge in [-0.25, -0.2) is 4.99 Å². The third kappa shape index (κ3) is 3.64. The van der Waals surface area contributed by atoms with Crippen molar-refractivity contribution in [3.63, 3.8) is 0 Å². The second kappa shape index (κ2) is 7.23. The van der Waals surface area contributed by atoms with Crippen molar-refractivity contribution in [2.75, 3.05) is 0 Å². The number of hydrogen-bond acceptors (Lipinski definition) is 6. The summed E-state index contributed by atoms with van der Waals surface area (Å²) in [5.41, 5.74) is 1.08. The van der Waals surface area contributed by atoms with E-state index in [1.807, 2.05) is 44.2 Å². The van der Waals surface area contributed by atoms with Crippen LogP contribution in [0, 0.1) is 0 Å². The highest BCUT2D eigenvalue weighted by molar-refractivity contribution is 7.78. The van der Waals surface area contributed by atoms with Crippen LogP contribution in [0.3, 0.4) is 0 Å². The Bertz CT molecular complexity index is 629. The number of hydrogen-bond donors (Lipinski definition) is 0. The summed E-state index contributed by atoms with van der Waals surface area (Å²) in [4.78, 5) is 4.12. The Labute approximate surface area is 147 Å². The second-order valence-electron chi connectivity index (χ2n) is 6.28. The van der Waals surface area contributed by atoms with E-state index in [0.29, 0.717) is 6.61 Å².